The summed E-state index contributed by atoms with van der Waals surface area (Å²) in [5.74, 6) is -1.36. The molecule has 0 radical (unpaired) electrons. The zero-order chi connectivity index (χ0) is 30.8. The minimum atomic E-state index is -0.749. The summed E-state index contributed by atoms with van der Waals surface area (Å²) in [4.78, 5) is 35.0. The minimum Gasteiger partial charge on any atom is -0.481 e. The Balaban J connectivity index is 4.84. The van der Waals surface area contributed by atoms with Crippen molar-refractivity contribution in [2.75, 3.05) is 33.3 Å². The summed E-state index contributed by atoms with van der Waals surface area (Å²) in [6, 6.07) is 0. The zero-order valence-electron chi connectivity index (χ0n) is 26.7. The van der Waals surface area contributed by atoms with Crippen LogP contribution in [0.3, 0.4) is 0 Å². The third-order valence-electron chi connectivity index (χ3n) is 7.61. The molecular formula is C33H62NO7+. The Kier molecular flexibility index (Phi) is 24.5. The van der Waals surface area contributed by atoms with Crippen LogP contribution < -0.4 is 0 Å². The summed E-state index contributed by atoms with van der Waals surface area (Å²) in [7, 11) is 2.02. The first kappa shape index (κ1) is 39.1. The quantitative estimate of drug-likeness (QED) is 0.0442. The Labute approximate surface area is 250 Å². The van der Waals surface area contributed by atoms with E-state index in [1.165, 1.54) is 32.6 Å². The van der Waals surface area contributed by atoms with Crippen molar-refractivity contribution in [1.29, 1.82) is 0 Å². The van der Waals surface area contributed by atoms with Gasteiger partial charge in [0.25, 0.3) is 0 Å². The highest BCUT2D eigenvalue weighted by molar-refractivity contribution is 5.71. The van der Waals surface area contributed by atoms with Crippen molar-refractivity contribution in [3.8, 4) is 0 Å². The monoisotopic (exact) mass is 584 g/mol. The molecule has 41 heavy (non-hydrogen) atoms. The van der Waals surface area contributed by atoms with Gasteiger partial charge in [-0.25, -0.2) is 4.79 Å². The molecule has 0 fully saturated rings. The molecule has 0 bridgehead atoms. The smallest absolute Gasteiger partial charge is 0.362 e. The predicted molar refractivity (Wildman–Crippen MR) is 165 cm³/mol. The first-order valence-corrected chi connectivity index (χ1v) is 16.3. The van der Waals surface area contributed by atoms with Gasteiger partial charge in [0.05, 0.1) is 19.7 Å². The van der Waals surface area contributed by atoms with Gasteiger partial charge in [-0.2, -0.15) is 0 Å². The number of rotatable bonds is 28. The first-order chi connectivity index (χ1) is 19.6. The van der Waals surface area contributed by atoms with Gasteiger partial charge >= 0.3 is 17.9 Å². The molecule has 0 amide bonds. The van der Waals surface area contributed by atoms with Crippen LogP contribution in [0.5, 0.6) is 0 Å². The molecule has 0 saturated heterocycles. The number of likely N-dealkylation sites (N-methyl/N-ethyl adjacent to an activating group) is 1. The average molecular weight is 585 g/mol. The fourth-order valence-corrected chi connectivity index (χ4v) is 4.97. The number of ether oxygens (including phenoxy) is 2. The molecule has 0 saturated carbocycles. The maximum Gasteiger partial charge on any atom is 0.362 e. The number of aliphatic hydroxyl groups excluding tert-OH is 1. The summed E-state index contributed by atoms with van der Waals surface area (Å²) < 4.78 is 11.5. The standard InChI is InChI=1S/C33H61NO7/c1-5-7-9-10-17-21-25-34(4,26-27-40-29(3)35)28-33(39)41-31(23-18-8-6-2)30(36)22-19-15-13-11-12-14-16-20-24-32(37)38/h15,19,30-31,36H,5-14,16-18,20-28H2,1-4H3/p+1/b19-15-. The van der Waals surface area contributed by atoms with E-state index in [0.717, 1.165) is 77.2 Å². The number of carbonyl (C=O) groups is 3. The predicted octanol–water partition coefficient (Wildman–Crippen LogP) is 6.97. The maximum absolute atomic E-state index is 13.1. The first-order valence-electron chi connectivity index (χ1n) is 16.3. The number of carboxylic acid groups (broad SMARTS) is 1. The third-order valence-corrected chi connectivity index (χ3v) is 7.61. The minimum absolute atomic E-state index is 0.190. The van der Waals surface area contributed by atoms with Crippen LogP contribution in [0.2, 0.25) is 0 Å². The lowest BCUT2D eigenvalue weighted by atomic mass is 10.0. The van der Waals surface area contributed by atoms with E-state index in [0.29, 0.717) is 23.9 Å². The number of carbonyl (C=O) groups excluding carboxylic acids is 2. The number of esters is 2. The van der Waals surface area contributed by atoms with Crippen LogP contribution >= 0.6 is 0 Å². The highest BCUT2D eigenvalue weighted by Gasteiger charge is 2.30. The van der Waals surface area contributed by atoms with Crippen LogP contribution in [0, 0.1) is 0 Å². The topological polar surface area (TPSA) is 110 Å². The number of quaternary nitrogens is 1. The molecule has 2 N–H and O–H groups in total. The van der Waals surface area contributed by atoms with Gasteiger partial charge < -0.3 is 24.2 Å². The number of hydrogen-bond acceptors (Lipinski definition) is 6. The Morgan fingerprint density at radius 2 is 1.41 bits per heavy atom. The second-order valence-electron chi connectivity index (χ2n) is 11.8. The van der Waals surface area contributed by atoms with Crippen LogP contribution in [0.15, 0.2) is 12.2 Å². The van der Waals surface area contributed by atoms with Crippen LogP contribution in [-0.2, 0) is 23.9 Å². The molecule has 0 aromatic heterocycles. The van der Waals surface area contributed by atoms with Crippen molar-refractivity contribution in [3.63, 3.8) is 0 Å². The molecule has 0 spiro atoms. The van der Waals surface area contributed by atoms with Gasteiger partial charge in [0, 0.05) is 13.3 Å². The van der Waals surface area contributed by atoms with Gasteiger partial charge in [0.1, 0.15) is 19.3 Å². The molecule has 3 atom stereocenters. The van der Waals surface area contributed by atoms with Crippen LogP contribution in [0.4, 0.5) is 0 Å². The lowest BCUT2D eigenvalue weighted by molar-refractivity contribution is -0.903. The Morgan fingerprint density at radius 3 is 2.07 bits per heavy atom. The summed E-state index contributed by atoms with van der Waals surface area (Å²) >= 11 is 0. The molecule has 0 aliphatic carbocycles. The van der Waals surface area contributed by atoms with Crippen LogP contribution in [-0.4, -0.2) is 78.1 Å². The lowest BCUT2D eigenvalue weighted by Crippen LogP contribution is -2.51. The molecule has 8 nitrogen and oxygen atoms in total. The zero-order valence-corrected chi connectivity index (χ0v) is 26.7. The molecule has 0 aromatic rings. The number of aliphatic carboxylic acids is 1. The highest BCUT2D eigenvalue weighted by Crippen LogP contribution is 2.17. The number of carboxylic acids is 1. The van der Waals surface area contributed by atoms with Crippen molar-refractivity contribution in [1.82, 2.24) is 0 Å². The fourth-order valence-electron chi connectivity index (χ4n) is 4.97. The highest BCUT2D eigenvalue weighted by atomic mass is 16.6. The Morgan fingerprint density at radius 1 is 0.805 bits per heavy atom. The van der Waals surface area contributed by atoms with Crippen LogP contribution in [0.1, 0.15) is 136 Å². The van der Waals surface area contributed by atoms with Crippen molar-refractivity contribution in [2.24, 2.45) is 0 Å². The van der Waals surface area contributed by atoms with Gasteiger partial charge in [0.15, 0.2) is 6.54 Å². The second-order valence-corrected chi connectivity index (χ2v) is 11.8. The van der Waals surface area contributed by atoms with Gasteiger partial charge in [0.2, 0.25) is 0 Å². The van der Waals surface area contributed by atoms with E-state index in [1.54, 1.807) is 0 Å². The maximum atomic E-state index is 13.1. The van der Waals surface area contributed by atoms with E-state index in [1.807, 2.05) is 13.1 Å². The van der Waals surface area contributed by atoms with E-state index in [4.69, 9.17) is 14.6 Å². The summed E-state index contributed by atoms with van der Waals surface area (Å²) in [6.07, 6.45) is 19.8. The fraction of sp³-hybridized carbons (Fsp3) is 0.848. The lowest BCUT2D eigenvalue weighted by Gasteiger charge is -2.34. The van der Waals surface area contributed by atoms with E-state index in [9.17, 15) is 19.5 Å². The van der Waals surface area contributed by atoms with Gasteiger partial charge in [-0.3, -0.25) is 9.59 Å². The number of unbranched alkanes of at least 4 members (excludes halogenated alkanes) is 12. The molecular weight excluding hydrogens is 522 g/mol. The van der Waals surface area contributed by atoms with Crippen molar-refractivity contribution < 1.29 is 38.6 Å². The average Bonchev–Trinajstić information content (AvgIpc) is 2.90. The molecule has 0 rings (SSSR count). The van der Waals surface area contributed by atoms with Crippen LogP contribution in [0.25, 0.3) is 0 Å². The molecule has 8 heteroatoms. The summed E-state index contributed by atoms with van der Waals surface area (Å²) in [5, 5.41) is 19.6. The van der Waals surface area contributed by atoms with E-state index in [2.05, 4.69) is 19.9 Å². The van der Waals surface area contributed by atoms with Gasteiger partial charge in [-0.15, -0.1) is 0 Å². The van der Waals surface area contributed by atoms with Gasteiger partial charge in [-0.1, -0.05) is 83.8 Å². The van der Waals surface area contributed by atoms with E-state index < -0.39 is 18.2 Å². The molecule has 240 valence electrons. The van der Waals surface area contributed by atoms with Crippen molar-refractivity contribution in [2.45, 2.75) is 149 Å². The third kappa shape index (κ3) is 24.4. The van der Waals surface area contributed by atoms with E-state index >= 15 is 0 Å². The summed E-state index contributed by atoms with van der Waals surface area (Å²) in [6.45, 7) is 7.55. The largest absolute Gasteiger partial charge is 0.481 e. The Bertz CT molecular complexity index is 712. The van der Waals surface area contributed by atoms with Crippen molar-refractivity contribution in [3.05, 3.63) is 12.2 Å². The SMILES string of the molecule is CCCCCCCC[N+](C)(CCOC(C)=O)CC(=O)OC(CCCCC)C(O)C/C=C\CCCCCCCC(=O)O. The number of aliphatic hydroxyl groups is 1. The number of hydrogen-bond donors (Lipinski definition) is 2. The molecule has 3 unspecified atom stereocenters. The summed E-state index contributed by atoms with van der Waals surface area (Å²) in [5.41, 5.74) is 0. The number of nitrogens with zero attached hydrogens (tertiary/aromatic N) is 1. The van der Waals surface area contributed by atoms with Crippen molar-refractivity contribution >= 4 is 17.9 Å². The normalized spacial score (nSPS) is 14.5. The van der Waals surface area contributed by atoms with Gasteiger partial charge in [-0.05, 0) is 51.4 Å². The second kappa shape index (κ2) is 25.8. The molecule has 0 aliphatic rings. The molecule has 0 heterocycles. The number of allylic oxidation sites excluding steroid dienone is 1. The molecule has 0 aromatic carbocycles. The van der Waals surface area contributed by atoms with E-state index in [-0.39, 0.29) is 31.5 Å². The Hall–Kier alpha value is -1.93. The molecule has 0 aliphatic heterocycles.